The summed E-state index contributed by atoms with van der Waals surface area (Å²) in [6, 6.07) is -2.56. The number of nitrogens with one attached hydrogen (secondary N) is 2. The number of allylic oxidation sites excluding steroid dienone is 2. The standard InChI is InChI=1S/C23H28N4O12S2.3K/c28-18-16(20(30)26(22(32)24-18)12-4-8-14(9-5-12)40(34,35)36)2-1-3-17-19(29)25-23(33)27(21(17)31)13-6-10-15(11-7-13)41(37,38)39;;;/h1-3,12-15,30H,4-11H2,(H,24,28,32)(H,25,29,33)(H,34,35,36)(H,37,38,39);;;/q;3*+1/p-3. The molecule has 1 saturated heterocycles. The van der Waals surface area contributed by atoms with Gasteiger partial charge in [-0.05, 0) is 69.4 Å². The number of aromatic nitrogens is 2. The smallest absolute Gasteiger partial charge is 0.859 e. The van der Waals surface area contributed by atoms with Crippen LogP contribution < -0.4 is 176 Å². The zero-order chi connectivity index (χ0) is 30.3. The van der Waals surface area contributed by atoms with Gasteiger partial charge in [0.05, 0.1) is 20.2 Å². The summed E-state index contributed by atoms with van der Waals surface area (Å²) < 4.78 is 68.4. The van der Waals surface area contributed by atoms with Crippen molar-refractivity contribution in [3.63, 3.8) is 0 Å². The minimum atomic E-state index is -4.53. The number of imide groups is 2. The normalized spacial score (nSPS) is 25.5. The van der Waals surface area contributed by atoms with Crippen LogP contribution in [0.15, 0.2) is 27.3 Å². The fourth-order valence-electron chi connectivity index (χ4n) is 5.47. The van der Waals surface area contributed by atoms with Gasteiger partial charge in [0.15, 0.2) is 0 Å². The fraction of sp³-hybridized carbons (Fsp3) is 0.522. The first-order valence-electron chi connectivity index (χ1n) is 12.6. The quantitative estimate of drug-likeness (QED) is 0.120. The molecule has 3 fully saturated rings. The number of urea groups is 1. The number of hydrogen-bond donors (Lipinski definition) is 2. The third-order valence-electron chi connectivity index (χ3n) is 7.63. The van der Waals surface area contributed by atoms with Crippen molar-refractivity contribution in [2.75, 3.05) is 0 Å². The third kappa shape index (κ3) is 10.2. The van der Waals surface area contributed by atoms with Gasteiger partial charge in [-0.2, -0.15) is 0 Å². The van der Waals surface area contributed by atoms with Crippen molar-refractivity contribution in [1.82, 2.24) is 19.8 Å². The van der Waals surface area contributed by atoms with Gasteiger partial charge < -0.3 is 18.8 Å². The molecule has 0 radical (unpaired) electrons. The van der Waals surface area contributed by atoms with Crippen LogP contribution in [-0.4, -0.2) is 74.8 Å². The molecule has 2 heterocycles. The van der Waals surface area contributed by atoms with Crippen molar-refractivity contribution in [3.05, 3.63) is 44.1 Å². The van der Waals surface area contributed by atoms with E-state index in [2.05, 4.69) is 0 Å². The molecule has 0 aromatic carbocycles. The third-order valence-corrected chi connectivity index (χ3v) is 10.2. The first-order chi connectivity index (χ1) is 19.1. The van der Waals surface area contributed by atoms with Crippen molar-refractivity contribution in [3.8, 4) is 5.88 Å². The molecular weight excluding hydrogens is 706 g/mol. The van der Waals surface area contributed by atoms with Gasteiger partial charge in [0.1, 0.15) is 5.57 Å². The maximum absolute atomic E-state index is 13.0. The van der Waals surface area contributed by atoms with Crippen molar-refractivity contribution in [1.29, 1.82) is 0 Å². The number of carbonyl (C=O) groups excluding carboxylic acids is 3. The number of rotatable bonds is 6. The Hall–Kier alpha value is 1.30. The van der Waals surface area contributed by atoms with E-state index in [0.29, 0.717) is 0 Å². The molecule has 224 valence electrons. The van der Waals surface area contributed by atoms with E-state index in [-0.39, 0.29) is 206 Å². The molecule has 21 heteroatoms. The molecule has 0 bridgehead atoms. The SMILES string of the molecule is O=C1NC(=O)N(C2CCC(S(=O)(=O)[O-])CC2)C(=O)C1=CC=Cc1c([O-])n(C2CCC(S(=O)(=O)[O-])CC2)c(=O)[nH]c1=O.[K+].[K+].[K+]. The second-order valence-electron chi connectivity index (χ2n) is 10.1. The van der Waals surface area contributed by atoms with E-state index in [4.69, 9.17) is 0 Å². The molecule has 4 rings (SSSR count). The summed E-state index contributed by atoms with van der Waals surface area (Å²) in [6.45, 7) is 0. The largest absolute Gasteiger partial charge is 1.00 e. The van der Waals surface area contributed by atoms with E-state index in [1.54, 1.807) is 0 Å². The number of nitrogens with zero attached hydrogens (tertiary/aromatic N) is 2. The Balaban J connectivity index is 0.00000323. The second-order valence-corrected chi connectivity index (χ2v) is 13.4. The van der Waals surface area contributed by atoms with Gasteiger partial charge in [0.25, 0.3) is 17.4 Å². The van der Waals surface area contributed by atoms with Gasteiger partial charge in [-0.15, -0.1) is 0 Å². The Bertz CT molecular complexity index is 1670. The van der Waals surface area contributed by atoms with Gasteiger partial charge in [0, 0.05) is 28.1 Å². The Morgan fingerprint density at radius 3 is 1.70 bits per heavy atom. The zero-order valence-corrected chi connectivity index (χ0v) is 35.3. The van der Waals surface area contributed by atoms with E-state index in [1.807, 2.05) is 10.3 Å². The van der Waals surface area contributed by atoms with Crippen LogP contribution in [-0.2, 0) is 29.8 Å². The molecule has 1 aromatic rings. The molecule has 16 nitrogen and oxygen atoms in total. The van der Waals surface area contributed by atoms with E-state index >= 15 is 0 Å². The van der Waals surface area contributed by atoms with Crippen LogP contribution in [0.3, 0.4) is 0 Å². The fourth-order valence-corrected chi connectivity index (χ4v) is 7.17. The topological polar surface area (TPSA) is 259 Å². The summed E-state index contributed by atoms with van der Waals surface area (Å²) in [4.78, 5) is 65.3. The minimum Gasteiger partial charge on any atom is -0.859 e. The molecule has 2 N–H and O–H groups in total. The van der Waals surface area contributed by atoms with Crippen LogP contribution in [0.5, 0.6) is 5.88 Å². The molecule has 3 aliphatic rings. The van der Waals surface area contributed by atoms with E-state index in [9.17, 15) is 55.0 Å². The van der Waals surface area contributed by atoms with Gasteiger partial charge in [0.2, 0.25) is 0 Å². The molecule has 4 amide bonds. The van der Waals surface area contributed by atoms with Gasteiger partial charge in [-0.3, -0.25) is 29.6 Å². The number of H-pyrrole nitrogens is 1. The maximum Gasteiger partial charge on any atom is 1.00 e. The summed E-state index contributed by atoms with van der Waals surface area (Å²) in [6.07, 6.45) is 2.79. The van der Waals surface area contributed by atoms with E-state index in [0.717, 1.165) is 27.7 Å². The Morgan fingerprint density at radius 2 is 1.23 bits per heavy atom. The number of aromatic amines is 1. The summed E-state index contributed by atoms with van der Waals surface area (Å²) >= 11 is 0. The van der Waals surface area contributed by atoms with Gasteiger partial charge in [-0.25, -0.2) is 26.4 Å². The van der Waals surface area contributed by atoms with Crippen molar-refractivity contribution in [2.24, 2.45) is 0 Å². The molecule has 1 aliphatic heterocycles. The minimum absolute atomic E-state index is 0. The monoisotopic (exact) mass is 730 g/mol. The molecule has 2 saturated carbocycles. The Kier molecular flexibility index (Phi) is 17.5. The molecule has 0 spiro atoms. The van der Waals surface area contributed by atoms with Crippen LogP contribution in [0.25, 0.3) is 6.08 Å². The maximum atomic E-state index is 13.0. The Morgan fingerprint density at radius 1 is 0.750 bits per heavy atom. The van der Waals surface area contributed by atoms with Crippen molar-refractivity contribution >= 4 is 44.2 Å². The number of amides is 4. The number of barbiturate groups is 1. The molecule has 44 heavy (non-hydrogen) atoms. The van der Waals surface area contributed by atoms with E-state index < -0.39 is 88.9 Å². The zero-order valence-electron chi connectivity index (χ0n) is 24.3. The summed E-state index contributed by atoms with van der Waals surface area (Å²) in [5.74, 6) is -3.05. The average Bonchev–Trinajstić information content (AvgIpc) is 2.87. The number of hydrogen-bond acceptors (Lipinski definition) is 12. The molecule has 0 unspecified atom stereocenters. The second kappa shape index (κ2) is 17.8. The molecule has 1 aromatic heterocycles. The summed E-state index contributed by atoms with van der Waals surface area (Å²) in [5.41, 5.74) is -3.11. The molecule has 2 aliphatic carbocycles. The Labute approximate surface area is 380 Å². The predicted molar refractivity (Wildman–Crippen MR) is 135 cm³/mol. The number of carbonyl (C=O) groups is 3. The van der Waals surface area contributed by atoms with Crippen LogP contribution >= 0.6 is 0 Å². The first-order valence-corrected chi connectivity index (χ1v) is 15.6. The average molecular weight is 731 g/mol. The van der Waals surface area contributed by atoms with Crippen LogP contribution in [0.2, 0.25) is 0 Å². The van der Waals surface area contributed by atoms with Crippen LogP contribution in [0.4, 0.5) is 4.79 Å². The van der Waals surface area contributed by atoms with Gasteiger partial charge in [-0.1, -0.05) is 6.08 Å². The van der Waals surface area contributed by atoms with Crippen molar-refractivity contribution < 1.29 is 200 Å². The molecule has 0 atom stereocenters. The summed E-state index contributed by atoms with van der Waals surface area (Å²) in [5, 5.41) is 12.7. The predicted octanol–water partition coefficient (Wildman–Crippen LogP) is -10.5. The first kappa shape index (κ1) is 43.3. The van der Waals surface area contributed by atoms with E-state index in [1.165, 1.54) is 0 Å². The van der Waals surface area contributed by atoms with Gasteiger partial charge >= 0.3 is 166 Å². The van der Waals surface area contributed by atoms with Crippen molar-refractivity contribution in [2.45, 2.75) is 74.0 Å². The molecular formula is C23H25K3N4O12S2. The van der Waals surface area contributed by atoms with Crippen LogP contribution in [0.1, 0.15) is 63.0 Å². The van der Waals surface area contributed by atoms with Crippen LogP contribution in [0, 0.1) is 0 Å². The summed E-state index contributed by atoms with van der Waals surface area (Å²) in [7, 11) is -9.07.